The average molecular weight is 245 g/mol. The predicted molar refractivity (Wildman–Crippen MR) is 62.2 cm³/mol. The maximum atomic E-state index is 10.7. The molecule has 0 aliphatic carbocycles. The Morgan fingerprint density at radius 1 is 1.33 bits per heavy atom. The lowest BCUT2D eigenvalue weighted by Gasteiger charge is -2.06. The maximum absolute atomic E-state index is 10.7. The van der Waals surface area contributed by atoms with Crippen LogP contribution in [0.25, 0.3) is 6.08 Å². The van der Waals surface area contributed by atoms with Gasteiger partial charge in [0, 0.05) is 0 Å². The minimum Gasteiger partial charge on any atom is -0.481 e. The quantitative estimate of drug-likeness (QED) is 0.882. The monoisotopic (exact) mass is 244 g/mol. The Labute approximate surface area is 98.1 Å². The first-order chi connectivity index (χ1) is 7.00. The molecule has 15 heavy (non-hydrogen) atoms. The molecule has 0 fully saturated rings. The summed E-state index contributed by atoms with van der Waals surface area (Å²) in [5.41, 5.74) is 1.60. The highest BCUT2D eigenvalue weighted by Gasteiger charge is 2.12. The number of rotatable bonds is 3. The highest BCUT2D eigenvalue weighted by Crippen LogP contribution is 2.18. The minimum atomic E-state index is -0.839. The van der Waals surface area contributed by atoms with Crippen LogP contribution in [0.5, 0.6) is 0 Å². The summed E-state index contributed by atoms with van der Waals surface area (Å²) in [7, 11) is 0. The number of hydrogen-bond donors (Lipinski definition) is 1. The Bertz CT molecular complexity index is 378. The molecule has 1 aromatic carbocycles. The van der Waals surface area contributed by atoms with Crippen LogP contribution in [0.15, 0.2) is 28.8 Å². The Kier molecular flexibility index (Phi) is 4.18. The van der Waals surface area contributed by atoms with Gasteiger partial charge in [-0.2, -0.15) is 0 Å². The molecule has 80 valence electrons. The van der Waals surface area contributed by atoms with Crippen molar-refractivity contribution in [1.29, 1.82) is 0 Å². The van der Waals surface area contributed by atoms with E-state index in [1.807, 2.05) is 0 Å². The van der Waals surface area contributed by atoms with Crippen LogP contribution in [0.1, 0.15) is 24.0 Å². The van der Waals surface area contributed by atoms with Gasteiger partial charge in [0.1, 0.15) is 4.49 Å². The fourth-order valence-corrected chi connectivity index (χ4v) is 1.40. The van der Waals surface area contributed by atoms with E-state index in [0.717, 1.165) is 11.1 Å². The Balaban J connectivity index is 2.90. The third kappa shape index (κ3) is 3.57. The highest BCUT2D eigenvalue weighted by molar-refractivity contribution is 6.57. The van der Waals surface area contributed by atoms with Crippen LogP contribution < -0.4 is 0 Å². The lowest BCUT2D eigenvalue weighted by Crippen LogP contribution is -2.06. The molecule has 0 spiro atoms. The van der Waals surface area contributed by atoms with Crippen LogP contribution in [-0.2, 0) is 4.79 Å². The summed E-state index contributed by atoms with van der Waals surface area (Å²) in [6.45, 7) is 1.64. The fraction of sp³-hybridized carbons (Fsp3) is 0.182. The first-order valence-corrected chi connectivity index (χ1v) is 5.12. The molecule has 0 radical (unpaired) electrons. The van der Waals surface area contributed by atoms with Crippen LogP contribution in [0.4, 0.5) is 0 Å². The van der Waals surface area contributed by atoms with Crippen LogP contribution >= 0.6 is 23.2 Å². The minimum absolute atomic E-state index is 0.175. The molecule has 0 heterocycles. The van der Waals surface area contributed by atoms with E-state index in [4.69, 9.17) is 28.3 Å². The molecule has 1 aromatic rings. The number of benzene rings is 1. The summed E-state index contributed by atoms with van der Waals surface area (Å²) in [5, 5.41) is 8.80. The van der Waals surface area contributed by atoms with Crippen LogP contribution in [0.2, 0.25) is 0 Å². The number of halogens is 2. The van der Waals surface area contributed by atoms with Crippen molar-refractivity contribution in [3.05, 3.63) is 39.9 Å². The summed E-state index contributed by atoms with van der Waals surface area (Å²) in [5.74, 6) is -1.34. The number of hydrogen-bond acceptors (Lipinski definition) is 1. The van der Waals surface area contributed by atoms with E-state index in [9.17, 15) is 4.79 Å². The number of carboxylic acids is 1. The predicted octanol–water partition coefficient (Wildman–Crippen LogP) is 3.65. The summed E-state index contributed by atoms with van der Waals surface area (Å²) in [6, 6.07) is 7.06. The van der Waals surface area contributed by atoms with Crippen molar-refractivity contribution in [2.24, 2.45) is 0 Å². The van der Waals surface area contributed by atoms with Crippen LogP contribution in [-0.4, -0.2) is 11.1 Å². The number of carboxylic acid groups (broad SMARTS) is 1. The molecule has 1 atom stereocenters. The van der Waals surface area contributed by atoms with E-state index in [2.05, 4.69) is 0 Å². The first-order valence-electron chi connectivity index (χ1n) is 4.36. The van der Waals surface area contributed by atoms with Gasteiger partial charge in [0.2, 0.25) is 0 Å². The van der Waals surface area contributed by atoms with Crippen molar-refractivity contribution < 1.29 is 9.90 Å². The van der Waals surface area contributed by atoms with Crippen LogP contribution in [0, 0.1) is 0 Å². The van der Waals surface area contributed by atoms with Gasteiger partial charge in [0.05, 0.1) is 5.92 Å². The number of carbonyl (C=O) groups is 1. The van der Waals surface area contributed by atoms with E-state index in [1.165, 1.54) is 0 Å². The van der Waals surface area contributed by atoms with Crippen molar-refractivity contribution in [2.75, 3.05) is 0 Å². The van der Waals surface area contributed by atoms with E-state index < -0.39 is 11.9 Å². The zero-order valence-corrected chi connectivity index (χ0v) is 9.59. The maximum Gasteiger partial charge on any atom is 0.310 e. The third-order valence-electron chi connectivity index (χ3n) is 2.08. The fourth-order valence-electron chi connectivity index (χ4n) is 1.15. The second-order valence-corrected chi connectivity index (χ2v) is 4.17. The lowest BCUT2D eigenvalue weighted by molar-refractivity contribution is -0.138. The van der Waals surface area contributed by atoms with Gasteiger partial charge in [0.15, 0.2) is 0 Å². The summed E-state index contributed by atoms with van der Waals surface area (Å²) >= 11 is 11.0. The molecule has 0 saturated heterocycles. The summed E-state index contributed by atoms with van der Waals surface area (Å²) in [4.78, 5) is 10.7. The molecule has 0 bridgehead atoms. The highest BCUT2D eigenvalue weighted by atomic mass is 35.5. The molecular weight excluding hydrogens is 235 g/mol. The van der Waals surface area contributed by atoms with E-state index in [0.29, 0.717) is 0 Å². The van der Waals surface area contributed by atoms with Gasteiger partial charge >= 0.3 is 5.97 Å². The molecular formula is C11H10Cl2O2. The number of aliphatic carboxylic acids is 1. The largest absolute Gasteiger partial charge is 0.481 e. The first kappa shape index (κ1) is 12.1. The second kappa shape index (κ2) is 5.19. The van der Waals surface area contributed by atoms with Crippen molar-refractivity contribution in [3.8, 4) is 0 Å². The van der Waals surface area contributed by atoms with Crippen molar-refractivity contribution in [1.82, 2.24) is 0 Å². The zero-order valence-electron chi connectivity index (χ0n) is 8.08. The van der Waals surface area contributed by atoms with Crippen molar-refractivity contribution >= 4 is 35.2 Å². The van der Waals surface area contributed by atoms with Gasteiger partial charge in [-0.05, 0) is 24.1 Å². The van der Waals surface area contributed by atoms with Gasteiger partial charge < -0.3 is 5.11 Å². The standard InChI is InChI=1S/C11H10Cl2O2/c1-7(11(14)15)9-4-2-8(3-5-9)6-10(12)13/h2-7H,1H3,(H,14,15)/t7-/m0/s1. The Hall–Kier alpha value is -0.990. The van der Waals surface area contributed by atoms with Gasteiger partial charge in [-0.15, -0.1) is 0 Å². The molecule has 0 saturated carbocycles. The zero-order chi connectivity index (χ0) is 11.4. The van der Waals surface area contributed by atoms with Gasteiger partial charge in [0.25, 0.3) is 0 Å². The van der Waals surface area contributed by atoms with E-state index >= 15 is 0 Å². The Morgan fingerprint density at radius 3 is 2.27 bits per heavy atom. The van der Waals surface area contributed by atoms with Crippen molar-refractivity contribution in [2.45, 2.75) is 12.8 Å². The molecule has 2 nitrogen and oxygen atoms in total. The van der Waals surface area contributed by atoms with E-state index in [1.54, 1.807) is 37.3 Å². The second-order valence-electron chi connectivity index (χ2n) is 3.16. The van der Waals surface area contributed by atoms with Gasteiger partial charge in [-0.1, -0.05) is 47.5 Å². The smallest absolute Gasteiger partial charge is 0.310 e. The van der Waals surface area contributed by atoms with Gasteiger partial charge in [-0.25, -0.2) is 0 Å². The average Bonchev–Trinajstić information content (AvgIpc) is 2.17. The molecule has 0 aliphatic rings. The molecule has 4 heteroatoms. The molecule has 0 amide bonds. The molecule has 0 aromatic heterocycles. The Morgan fingerprint density at radius 2 is 1.87 bits per heavy atom. The topological polar surface area (TPSA) is 37.3 Å². The SMILES string of the molecule is C[C@H](C(=O)O)c1ccc(C=C(Cl)Cl)cc1. The normalized spacial score (nSPS) is 11.9. The van der Waals surface area contributed by atoms with Crippen molar-refractivity contribution in [3.63, 3.8) is 0 Å². The molecule has 0 aliphatic heterocycles. The lowest BCUT2D eigenvalue weighted by atomic mass is 10.0. The van der Waals surface area contributed by atoms with Crippen LogP contribution in [0.3, 0.4) is 0 Å². The van der Waals surface area contributed by atoms with Gasteiger partial charge in [-0.3, -0.25) is 4.79 Å². The summed E-state index contributed by atoms with van der Waals surface area (Å²) < 4.78 is 0.175. The molecule has 0 unspecified atom stereocenters. The molecule has 1 rings (SSSR count). The molecule has 1 N–H and O–H groups in total. The third-order valence-corrected chi connectivity index (χ3v) is 2.30. The summed E-state index contributed by atoms with van der Waals surface area (Å²) in [6.07, 6.45) is 1.60. The van der Waals surface area contributed by atoms with E-state index in [-0.39, 0.29) is 4.49 Å².